The summed E-state index contributed by atoms with van der Waals surface area (Å²) in [4.78, 5) is 2.86. The third-order valence-electron chi connectivity index (χ3n) is 7.36. The first-order chi connectivity index (χ1) is 16.9. The molecule has 0 saturated heterocycles. The van der Waals surface area contributed by atoms with Gasteiger partial charge in [0, 0.05) is 25.9 Å². The van der Waals surface area contributed by atoms with E-state index >= 15 is 0 Å². The van der Waals surface area contributed by atoms with Gasteiger partial charge < -0.3 is 0 Å². The van der Waals surface area contributed by atoms with Crippen LogP contribution in [0.1, 0.15) is 58.2 Å². The highest BCUT2D eigenvalue weighted by atomic mass is 32.2. The van der Waals surface area contributed by atoms with Crippen LogP contribution in [0.4, 0.5) is 0 Å². The Morgan fingerprint density at radius 3 is 2.31 bits per heavy atom. The monoisotopic (exact) mass is 510 g/mol. The molecular weight excluding hydrogens is 475 g/mol. The summed E-state index contributed by atoms with van der Waals surface area (Å²) in [5, 5.41) is 9.24. The Balaban J connectivity index is 1.70. The van der Waals surface area contributed by atoms with Crippen molar-refractivity contribution in [3.63, 3.8) is 0 Å². The van der Waals surface area contributed by atoms with Gasteiger partial charge in [0.2, 0.25) is 5.69 Å². The molecule has 1 aliphatic heterocycles. The molecule has 0 atom stereocenters. The molecule has 2 aromatic heterocycles. The lowest BCUT2D eigenvalue weighted by molar-refractivity contribution is -0.659. The number of aromatic nitrogens is 1. The van der Waals surface area contributed by atoms with Crippen LogP contribution in [-0.2, 0) is 19.9 Å². The highest BCUT2D eigenvalue weighted by Gasteiger charge is 2.33. The van der Waals surface area contributed by atoms with Gasteiger partial charge in [-0.05, 0) is 81.0 Å². The van der Waals surface area contributed by atoms with Crippen molar-refractivity contribution >= 4 is 54.7 Å². The summed E-state index contributed by atoms with van der Waals surface area (Å²) >= 11 is 3.90. The highest BCUT2D eigenvalue weighted by molar-refractivity contribution is 8.00. The molecule has 3 heterocycles. The quantitative estimate of drug-likeness (QED) is 0.166. The summed E-state index contributed by atoms with van der Waals surface area (Å²) in [6.45, 7) is 16.4. The van der Waals surface area contributed by atoms with Gasteiger partial charge in [0.05, 0.1) is 10.9 Å². The van der Waals surface area contributed by atoms with E-state index in [-0.39, 0.29) is 10.8 Å². The Labute approximate surface area is 223 Å². The van der Waals surface area contributed by atoms with Gasteiger partial charge in [-0.2, -0.15) is 0 Å². The highest BCUT2D eigenvalue weighted by Crippen LogP contribution is 2.54. The second-order valence-electron chi connectivity index (χ2n) is 13.0. The minimum absolute atomic E-state index is 0.220. The summed E-state index contributed by atoms with van der Waals surface area (Å²) in [5.74, 6) is 0. The number of hydrogen-bond donors (Lipinski definition) is 0. The maximum absolute atomic E-state index is 2.47. The fourth-order valence-corrected chi connectivity index (χ4v) is 8.33. The summed E-state index contributed by atoms with van der Waals surface area (Å²) in [6, 6.07) is 14.3. The number of fused-ring (bicyclic) bond motifs is 5. The maximum Gasteiger partial charge on any atom is 0.222 e. The molecule has 1 aliphatic rings. The summed E-state index contributed by atoms with van der Waals surface area (Å²) in [5.41, 5.74) is 7.69. The molecule has 3 aromatic carbocycles. The van der Waals surface area contributed by atoms with Crippen LogP contribution in [0, 0.1) is 17.8 Å². The second-order valence-corrected chi connectivity index (χ2v) is 15.0. The Bertz CT molecular complexity index is 1690. The molecule has 0 unspecified atom stereocenters. The fraction of sp³-hybridized carbons (Fsp3) is 0.364. The van der Waals surface area contributed by atoms with Crippen LogP contribution < -0.4 is 4.57 Å². The number of nitrogens with zero attached hydrogens (tertiary/aromatic N) is 1. The molecule has 0 radical (unpaired) electrons. The van der Waals surface area contributed by atoms with Crippen molar-refractivity contribution in [1.82, 2.24) is 0 Å². The summed E-state index contributed by atoms with van der Waals surface area (Å²) in [7, 11) is 2.22. The van der Waals surface area contributed by atoms with E-state index in [1.807, 2.05) is 23.1 Å². The third-order valence-corrected chi connectivity index (χ3v) is 9.59. The summed E-state index contributed by atoms with van der Waals surface area (Å²) < 4.78 is 3.80. The van der Waals surface area contributed by atoms with Crippen LogP contribution in [0.2, 0.25) is 0 Å². The topological polar surface area (TPSA) is 3.88 Å². The number of aryl methyl sites for hydroxylation is 2. The number of thiophene rings is 1. The Morgan fingerprint density at radius 2 is 1.58 bits per heavy atom. The van der Waals surface area contributed by atoms with Gasteiger partial charge >= 0.3 is 0 Å². The van der Waals surface area contributed by atoms with Crippen molar-refractivity contribution < 1.29 is 4.57 Å². The molecular formula is C33H36NS2+. The predicted molar refractivity (Wildman–Crippen MR) is 159 cm³/mol. The van der Waals surface area contributed by atoms with E-state index in [0.29, 0.717) is 0 Å². The van der Waals surface area contributed by atoms with Crippen LogP contribution in [0.15, 0.2) is 57.8 Å². The Morgan fingerprint density at radius 1 is 0.833 bits per heavy atom. The molecule has 0 amide bonds. The second kappa shape index (κ2) is 8.07. The zero-order valence-corrected chi connectivity index (χ0v) is 24.4. The van der Waals surface area contributed by atoms with E-state index in [1.54, 1.807) is 0 Å². The molecule has 36 heavy (non-hydrogen) atoms. The molecule has 6 rings (SSSR count). The molecule has 0 bridgehead atoms. The first-order valence-corrected chi connectivity index (χ1v) is 14.7. The van der Waals surface area contributed by atoms with E-state index in [4.69, 9.17) is 0 Å². The largest absolute Gasteiger partial charge is 0.222 e. The average molecular weight is 511 g/mol. The molecule has 5 aromatic rings. The van der Waals surface area contributed by atoms with Crippen LogP contribution in [-0.4, -0.2) is 0 Å². The van der Waals surface area contributed by atoms with Crippen LogP contribution in [0.25, 0.3) is 42.9 Å². The van der Waals surface area contributed by atoms with Gasteiger partial charge in [-0.3, -0.25) is 0 Å². The van der Waals surface area contributed by atoms with Crippen molar-refractivity contribution in [2.45, 2.75) is 71.1 Å². The van der Waals surface area contributed by atoms with Crippen molar-refractivity contribution in [2.24, 2.45) is 17.9 Å². The first kappa shape index (κ1) is 24.0. The van der Waals surface area contributed by atoms with Crippen molar-refractivity contribution in [3.05, 3.63) is 64.7 Å². The molecule has 0 N–H and O–H groups in total. The SMILES string of the molecule is Cc1c2c(c(CC(C)(C)C)c3ccsc13)Sc1cc3cc(CC(C)(C)C)ccc3c3cc[n+](C)c-2c13. The standard InChI is InChI=1S/C33H36NS2/c1-19-27-29-28-23(11-13-34(29)8)22-10-9-20(17-32(2,3)4)15-21(22)16-26(28)36-31(27)25(18-33(5,6)7)24-12-14-35-30(19)24/h9-16H,17-18H2,1-8H3/q+1. The molecule has 0 saturated carbocycles. The van der Waals surface area contributed by atoms with Gasteiger partial charge in [0.25, 0.3) is 0 Å². The normalized spacial score (nSPS) is 13.7. The minimum Gasteiger partial charge on any atom is -0.200 e. The van der Waals surface area contributed by atoms with E-state index in [2.05, 4.69) is 108 Å². The third kappa shape index (κ3) is 3.87. The number of benzene rings is 3. The van der Waals surface area contributed by atoms with Crippen LogP contribution in [0.5, 0.6) is 0 Å². The van der Waals surface area contributed by atoms with Crippen LogP contribution in [0.3, 0.4) is 0 Å². The van der Waals surface area contributed by atoms with E-state index < -0.39 is 0 Å². The van der Waals surface area contributed by atoms with Gasteiger partial charge in [0.1, 0.15) is 7.05 Å². The smallest absolute Gasteiger partial charge is 0.200 e. The predicted octanol–water partition coefficient (Wildman–Crippen LogP) is 9.65. The zero-order valence-electron chi connectivity index (χ0n) is 22.8. The Kier molecular flexibility index (Phi) is 5.38. The van der Waals surface area contributed by atoms with Gasteiger partial charge in [-0.1, -0.05) is 71.5 Å². The van der Waals surface area contributed by atoms with E-state index in [9.17, 15) is 0 Å². The number of rotatable bonds is 2. The van der Waals surface area contributed by atoms with Gasteiger partial charge in [-0.25, -0.2) is 4.57 Å². The summed E-state index contributed by atoms with van der Waals surface area (Å²) in [6.07, 6.45) is 4.44. The molecule has 3 heteroatoms. The molecule has 0 fully saturated rings. The Hall–Kier alpha value is -2.36. The van der Waals surface area contributed by atoms with E-state index in [1.165, 1.54) is 69.4 Å². The molecule has 184 valence electrons. The first-order valence-electron chi connectivity index (χ1n) is 13.0. The molecule has 1 nitrogen and oxygen atoms in total. The lowest BCUT2D eigenvalue weighted by Gasteiger charge is -2.27. The number of hydrogen-bond acceptors (Lipinski definition) is 2. The van der Waals surface area contributed by atoms with E-state index in [0.717, 1.165) is 12.8 Å². The van der Waals surface area contributed by atoms with Gasteiger partial charge in [0.15, 0.2) is 6.20 Å². The lowest BCUT2D eigenvalue weighted by atomic mass is 9.84. The lowest BCUT2D eigenvalue weighted by Crippen LogP contribution is -2.32. The zero-order chi connectivity index (χ0) is 25.6. The van der Waals surface area contributed by atoms with Gasteiger partial charge in [-0.15, -0.1) is 11.3 Å². The van der Waals surface area contributed by atoms with Crippen molar-refractivity contribution in [1.29, 1.82) is 0 Å². The van der Waals surface area contributed by atoms with Crippen LogP contribution >= 0.6 is 23.1 Å². The van der Waals surface area contributed by atoms with Crippen molar-refractivity contribution in [3.8, 4) is 11.3 Å². The fourth-order valence-electron chi connectivity index (χ4n) is 6.02. The minimum atomic E-state index is 0.220. The maximum atomic E-state index is 2.47. The molecule has 0 spiro atoms. The average Bonchev–Trinajstić information content (AvgIpc) is 3.26. The molecule has 0 aliphatic carbocycles. The number of pyridine rings is 1. The van der Waals surface area contributed by atoms with Crippen molar-refractivity contribution in [2.75, 3.05) is 0 Å².